The minimum Gasteiger partial charge on any atom is -0.369 e. The number of hydrogen-bond acceptors (Lipinski definition) is 3. The largest absolute Gasteiger partial charge is 0.369 e. The Labute approximate surface area is 168 Å². The molecule has 1 aliphatic heterocycles. The monoisotopic (exact) mass is 383 g/mol. The van der Waals surface area contributed by atoms with E-state index in [1.165, 1.54) is 11.1 Å². The number of rotatable bonds is 7. The molecule has 2 aliphatic rings. The van der Waals surface area contributed by atoms with Crippen molar-refractivity contribution in [2.24, 2.45) is 16.6 Å². The Balaban J connectivity index is 1.58. The lowest BCUT2D eigenvalue weighted by atomic mass is 9.97. The van der Waals surface area contributed by atoms with Crippen LogP contribution < -0.4 is 16.4 Å². The molecule has 0 radical (unpaired) electrons. The van der Waals surface area contributed by atoms with Crippen LogP contribution >= 0.6 is 0 Å². The molecule has 6 heteroatoms. The molecule has 4 N–H and O–H groups in total. The molecule has 0 bridgehead atoms. The molecule has 3 rings (SSSR count). The minimum absolute atomic E-state index is 0.0136. The summed E-state index contributed by atoms with van der Waals surface area (Å²) in [5.74, 6) is 0.691. The van der Waals surface area contributed by atoms with Crippen LogP contribution in [0.3, 0.4) is 0 Å². The van der Waals surface area contributed by atoms with Crippen LogP contribution in [0, 0.1) is 5.92 Å². The van der Waals surface area contributed by atoms with Crippen LogP contribution in [0.1, 0.15) is 43.7 Å². The summed E-state index contributed by atoms with van der Waals surface area (Å²) < 4.78 is 0. The third-order valence-corrected chi connectivity index (χ3v) is 5.42. The summed E-state index contributed by atoms with van der Waals surface area (Å²) in [6.45, 7) is 6.23. The maximum atomic E-state index is 11.5. The Kier molecular flexibility index (Phi) is 7.48. The topological polar surface area (TPSA) is 82.8 Å². The van der Waals surface area contributed by atoms with Crippen molar-refractivity contribution in [3.8, 4) is 0 Å². The van der Waals surface area contributed by atoms with E-state index in [-0.39, 0.29) is 11.8 Å². The Bertz CT molecular complexity index is 707. The van der Waals surface area contributed by atoms with E-state index < -0.39 is 0 Å². The number of benzene rings is 1. The van der Waals surface area contributed by atoms with E-state index in [4.69, 9.17) is 10.7 Å². The standard InChI is InChI=1S/C22H33N5O/c1-2-24-22(26-20-10-3-4-11-20)25-14-17-7-5-8-18(13-17)15-27-12-6-9-19(16-27)21(23)28/h3-5,7-8,13,19-20H,2,6,9-12,14-16H2,1H3,(H2,23,28)(H2,24,25,26). The highest BCUT2D eigenvalue weighted by atomic mass is 16.1. The number of nitrogens with two attached hydrogens (primary N) is 1. The van der Waals surface area contributed by atoms with Crippen molar-refractivity contribution in [1.82, 2.24) is 15.5 Å². The van der Waals surface area contributed by atoms with Crippen LogP contribution in [0.15, 0.2) is 41.4 Å². The minimum atomic E-state index is -0.172. The molecular weight excluding hydrogens is 350 g/mol. The van der Waals surface area contributed by atoms with Gasteiger partial charge in [0.05, 0.1) is 12.5 Å². The first kappa shape index (κ1) is 20.4. The lowest BCUT2D eigenvalue weighted by molar-refractivity contribution is -0.123. The second kappa shape index (κ2) is 10.3. The molecule has 1 unspecified atom stereocenters. The Morgan fingerprint density at radius 3 is 2.82 bits per heavy atom. The molecule has 6 nitrogen and oxygen atoms in total. The summed E-state index contributed by atoms with van der Waals surface area (Å²) in [6.07, 6.45) is 8.49. The first-order valence-corrected chi connectivity index (χ1v) is 10.4. The molecular formula is C22H33N5O. The van der Waals surface area contributed by atoms with Gasteiger partial charge in [0.2, 0.25) is 5.91 Å². The van der Waals surface area contributed by atoms with Crippen molar-refractivity contribution in [2.75, 3.05) is 19.6 Å². The molecule has 0 aromatic heterocycles. The summed E-state index contributed by atoms with van der Waals surface area (Å²) in [6, 6.07) is 9.03. The molecule has 1 aromatic carbocycles. The Morgan fingerprint density at radius 2 is 2.07 bits per heavy atom. The van der Waals surface area contributed by atoms with Crippen molar-refractivity contribution in [1.29, 1.82) is 0 Å². The van der Waals surface area contributed by atoms with E-state index in [0.29, 0.717) is 12.6 Å². The number of carbonyl (C=O) groups is 1. The van der Waals surface area contributed by atoms with Gasteiger partial charge in [-0.25, -0.2) is 4.99 Å². The zero-order valence-corrected chi connectivity index (χ0v) is 16.9. The van der Waals surface area contributed by atoms with Gasteiger partial charge < -0.3 is 16.4 Å². The van der Waals surface area contributed by atoms with Crippen LogP contribution in [0.4, 0.5) is 0 Å². The van der Waals surface area contributed by atoms with Gasteiger partial charge >= 0.3 is 0 Å². The average Bonchev–Trinajstić information content (AvgIpc) is 3.20. The van der Waals surface area contributed by atoms with E-state index in [1.54, 1.807) is 0 Å². The Morgan fingerprint density at radius 1 is 1.29 bits per heavy atom. The van der Waals surface area contributed by atoms with E-state index in [1.807, 2.05) is 0 Å². The second-order valence-electron chi connectivity index (χ2n) is 7.78. The van der Waals surface area contributed by atoms with Gasteiger partial charge in [-0.1, -0.05) is 36.4 Å². The SMILES string of the molecule is CCNC(=NCc1cccc(CN2CCCC(C(N)=O)C2)c1)NC1CC=CC1. The summed E-state index contributed by atoms with van der Waals surface area (Å²) >= 11 is 0. The number of hydrogen-bond donors (Lipinski definition) is 3. The van der Waals surface area contributed by atoms with Crippen LogP contribution in [0.25, 0.3) is 0 Å². The number of primary amides is 1. The molecule has 1 aliphatic carbocycles. The van der Waals surface area contributed by atoms with Crippen LogP contribution in [0.2, 0.25) is 0 Å². The third-order valence-electron chi connectivity index (χ3n) is 5.42. The molecule has 1 amide bonds. The van der Waals surface area contributed by atoms with Gasteiger partial charge in [0, 0.05) is 25.7 Å². The van der Waals surface area contributed by atoms with Gasteiger partial charge in [0.15, 0.2) is 5.96 Å². The van der Waals surface area contributed by atoms with E-state index in [0.717, 1.165) is 57.8 Å². The summed E-state index contributed by atoms with van der Waals surface area (Å²) in [7, 11) is 0. The van der Waals surface area contributed by atoms with E-state index >= 15 is 0 Å². The van der Waals surface area contributed by atoms with Gasteiger partial charge in [-0.05, 0) is 50.3 Å². The highest BCUT2D eigenvalue weighted by Crippen LogP contribution is 2.19. The summed E-state index contributed by atoms with van der Waals surface area (Å²) in [5.41, 5.74) is 7.96. The predicted molar refractivity (Wildman–Crippen MR) is 114 cm³/mol. The number of aliphatic imine (C=N–C) groups is 1. The molecule has 1 saturated heterocycles. The molecule has 1 heterocycles. The number of piperidine rings is 1. The third kappa shape index (κ3) is 6.09. The molecule has 1 atom stereocenters. The van der Waals surface area contributed by atoms with Gasteiger partial charge in [-0.15, -0.1) is 0 Å². The smallest absolute Gasteiger partial charge is 0.221 e. The normalized spacial score (nSPS) is 21.0. The molecule has 28 heavy (non-hydrogen) atoms. The fourth-order valence-corrected chi connectivity index (χ4v) is 3.93. The van der Waals surface area contributed by atoms with Crippen molar-refractivity contribution in [2.45, 2.75) is 51.7 Å². The zero-order valence-electron chi connectivity index (χ0n) is 16.9. The number of amides is 1. The fourth-order valence-electron chi connectivity index (χ4n) is 3.93. The van der Waals surface area contributed by atoms with Crippen molar-refractivity contribution in [3.63, 3.8) is 0 Å². The van der Waals surface area contributed by atoms with E-state index in [9.17, 15) is 4.79 Å². The number of likely N-dealkylation sites (tertiary alicyclic amines) is 1. The van der Waals surface area contributed by atoms with Crippen LogP contribution in [-0.4, -0.2) is 42.4 Å². The lowest BCUT2D eigenvalue weighted by Crippen LogP contribution is -2.42. The molecule has 152 valence electrons. The second-order valence-corrected chi connectivity index (χ2v) is 7.78. The van der Waals surface area contributed by atoms with Crippen molar-refractivity contribution >= 4 is 11.9 Å². The zero-order chi connectivity index (χ0) is 19.8. The maximum Gasteiger partial charge on any atom is 0.221 e. The molecule has 1 aromatic rings. The van der Waals surface area contributed by atoms with Crippen LogP contribution in [-0.2, 0) is 17.9 Å². The molecule has 1 fully saturated rings. The average molecular weight is 384 g/mol. The van der Waals surface area contributed by atoms with Gasteiger partial charge in [-0.2, -0.15) is 0 Å². The summed E-state index contributed by atoms with van der Waals surface area (Å²) in [4.78, 5) is 18.6. The van der Waals surface area contributed by atoms with E-state index in [2.05, 4.69) is 58.9 Å². The lowest BCUT2D eigenvalue weighted by Gasteiger charge is -2.31. The highest BCUT2D eigenvalue weighted by molar-refractivity contribution is 5.80. The van der Waals surface area contributed by atoms with Crippen molar-refractivity contribution in [3.05, 3.63) is 47.5 Å². The maximum absolute atomic E-state index is 11.5. The molecule has 0 saturated carbocycles. The number of guanidine groups is 1. The molecule has 0 spiro atoms. The highest BCUT2D eigenvalue weighted by Gasteiger charge is 2.23. The Hall–Kier alpha value is -2.34. The van der Waals surface area contributed by atoms with Gasteiger partial charge in [0.25, 0.3) is 0 Å². The number of carbonyl (C=O) groups excluding carboxylic acids is 1. The summed E-state index contributed by atoms with van der Waals surface area (Å²) in [5, 5.41) is 6.84. The number of nitrogens with zero attached hydrogens (tertiary/aromatic N) is 2. The fraction of sp³-hybridized carbons (Fsp3) is 0.545. The number of nitrogens with one attached hydrogen (secondary N) is 2. The van der Waals surface area contributed by atoms with Gasteiger partial charge in [0.1, 0.15) is 0 Å². The first-order chi connectivity index (χ1) is 13.6. The predicted octanol–water partition coefficient (Wildman–Crippen LogP) is 2.16. The van der Waals surface area contributed by atoms with Gasteiger partial charge in [-0.3, -0.25) is 9.69 Å². The first-order valence-electron chi connectivity index (χ1n) is 10.4. The quantitative estimate of drug-likeness (QED) is 0.383. The van der Waals surface area contributed by atoms with Crippen LogP contribution in [0.5, 0.6) is 0 Å². The van der Waals surface area contributed by atoms with Crippen molar-refractivity contribution < 1.29 is 4.79 Å².